The van der Waals surface area contributed by atoms with E-state index in [0.29, 0.717) is 31.7 Å². The lowest BCUT2D eigenvalue weighted by Crippen LogP contribution is -2.25. The number of carboxylic acid groups (broad SMARTS) is 1. The summed E-state index contributed by atoms with van der Waals surface area (Å²) in [6, 6.07) is 5.97. The number of rotatable bonds is 9. The monoisotopic (exact) mass is 313 g/mol. The fourth-order valence-electron chi connectivity index (χ4n) is 1.53. The second kappa shape index (κ2) is 8.56. The number of hydrogen-bond acceptors (Lipinski definition) is 4. The van der Waals surface area contributed by atoms with Gasteiger partial charge < -0.3 is 9.84 Å². The van der Waals surface area contributed by atoms with Crippen LogP contribution >= 0.6 is 0 Å². The second-order valence-corrected chi connectivity index (χ2v) is 5.96. The molecule has 7 heteroatoms. The molecule has 116 valence electrons. The normalized spacial score (nSPS) is 11.9. The van der Waals surface area contributed by atoms with Crippen molar-refractivity contribution in [1.29, 1.82) is 0 Å². The third kappa shape index (κ3) is 6.52. The highest BCUT2D eigenvalue weighted by atomic mass is 32.2. The van der Waals surface area contributed by atoms with Gasteiger partial charge in [0.15, 0.2) is 0 Å². The van der Waals surface area contributed by atoms with Crippen molar-refractivity contribution in [3.8, 4) is 0 Å². The van der Waals surface area contributed by atoms with Gasteiger partial charge in [-0.15, -0.1) is 0 Å². The summed E-state index contributed by atoms with van der Waals surface area (Å²) in [5.74, 6) is -1.05. The van der Waals surface area contributed by atoms with Crippen LogP contribution in [0.25, 0.3) is 6.08 Å². The standard InChI is InChI=1S/C14H19NO5S/c1-2-20-11-3-10-15-21(18,19)13-7-4-12(5-8-13)6-9-14(16)17/h4-9,15H,2-3,10-11H2,1H3,(H,16,17)/b9-6+. The van der Waals surface area contributed by atoms with Gasteiger partial charge in [-0.25, -0.2) is 17.9 Å². The fraction of sp³-hybridized carbons (Fsp3) is 0.357. The number of benzene rings is 1. The van der Waals surface area contributed by atoms with Gasteiger partial charge in [0, 0.05) is 25.8 Å². The molecule has 0 spiro atoms. The molecular weight excluding hydrogens is 294 g/mol. The number of sulfonamides is 1. The molecule has 0 aliphatic carbocycles. The summed E-state index contributed by atoms with van der Waals surface area (Å²) in [7, 11) is -3.54. The Balaban J connectivity index is 2.61. The van der Waals surface area contributed by atoms with E-state index in [9.17, 15) is 13.2 Å². The molecule has 0 unspecified atom stereocenters. The first-order chi connectivity index (χ1) is 9.95. The Kier molecular flexibility index (Phi) is 7.07. The van der Waals surface area contributed by atoms with Gasteiger partial charge in [-0.05, 0) is 37.1 Å². The molecule has 0 bridgehead atoms. The van der Waals surface area contributed by atoms with E-state index in [0.717, 1.165) is 6.08 Å². The Hall–Kier alpha value is -1.70. The van der Waals surface area contributed by atoms with E-state index in [-0.39, 0.29) is 4.90 Å². The fourth-order valence-corrected chi connectivity index (χ4v) is 2.61. The summed E-state index contributed by atoms with van der Waals surface area (Å²) >= 11 is 0. The number of ether oxygens (including phenoxy) is 1. The topological polar surface area (TPSA) is 92.7 Å². The van der Waals surface area contributed by atoms with Gasteiger partial charge in [0.05, 0.1) is 4.90 Å². The Morgan fingerprint density at radius 1 is 1.33 bits per heavy atom. The molecule has 0 radical (unpaired) electrons. The quantitative estimate of drug-likeness (QED) is 0.532. The first kappa shape index (κ1) is 17.4. The minimum atomic E-state index is -3.54. The Labute approximate surface area is 124 Å². The van der Waals surface area contributed by atoms with E-state index < -0.39 is 16.0 Å². The summed E-state index contributed by atoms with van der Waals surface area (Å²) in [6.45, 7) is 3.31. The van der Waals surface area contributed by atoms with Crippen LogP contribution in [0.1, 0.15) is 18.9 Å². The van der Waals surface area contributed by atoms with Gasteiger partial charge >= 0.3 is 5.97 Å². The summed E-state index contributed by atoms with van der Waals surface area (Å²) in [5, 5.41) is 8.51. The zero-order chi connectivity index (χ0) is 15.7. The van der Waals surface area contributed by atoms with Crippen LogP contribution in [0.5, 0.6) is 0 Å². The van der Waals surface area contributed by atoms with Crippen molar-refractivity contribution in [3.63, 3.8) is 0 Å². The van der Waals surface area contributed by atoms with Crippen molar-refractivity contribution in [2.24, 2.45) is 0 Å². The zero-order valence-corrected chi connectivity index (χ0v) is 12.6. The molecule has 2 N–H and O–H groups in total. The largest absolute Gasteiger partial charge is 0.478 e. The molecule has 21 heavy (non-hydrogen) atoms. The van der Waals surface area contributed by atoms with Crippen LogP contribution in [0.2, 0.25) is 0 Å². The van der Waals surface area contributed by atoms with Crippen LogP contribution in [-0.2, 0) is 19.6 Å². The summed E-state index contributed by atoms with van der Waals surface area (Å²) in [5.41, 5.74) is 0.618. The molecular formula is C14H19NO5S. The van der Waals surface area contributed by atoms with Gasteiger partial charge in [-0.3, -0.25) is 0 Å². The summed E-state index contributed by atoms with van der Waals surface area (Å²) in [4.78, 5) is 10.5. The average molecular weight is 313 g/mol. The lowest BCUT2D eigenvalue weighted by molar-refractivity contribution is -0.131. The van der Waals surface area contributed by atoms with Crippen LogP contribution in [0.3, 0.4) is 0 Å². The predicted molar refractivity (Wildman–Crippen MR) is 79.4 cm³/mol. The van der Waals surface area contributed by atoms with E-state index in [1.807, 2.05) is 6.92 Å². The van der Waals surface area contributed by atoms with Crippen LogP contribution < -0.4 is 4.72 Å². The smallest absolute Gasteiger partial charge is 0.328 e. The van der Waals surface area contributed by atoms with E-state index >= 15 is 0 Å². The SMILES string of the molecule is CCOCCCNS(=O)(=O)c1ccc(/C=C/C(=O)O)cc1. The van der Waals surface area contributed by atoms with Gasteiger partial charge in [0.2, 0.25) is 10.0 Å². The molecule has 0 saturated heterocycles. The molecule has 0 saturated carbocycles. The molecule has 0 aliphatic heterocycles. The van der Waals surface area contributed by atoms with Gasteiger partial charge in [-0.2, -0.15) is 0 Å². The lowest BCUT2D eigenvalue weighted by atomic mass is 10.2. The summed E-state index contributed by atoms with van der Waals surface area (Å²) < 4.78 is 31.6. The molecule has 0 fully saturated rings. The Bertz CT molecular complexity index is 578. The number of hydrogen-bond donors (Lipinski definition) is 2. The van der Waals surface area contributed by atoms with Crippen LogP contribution in [0, 0.1) is 0 Å². The maximum absolute atomic E-state index is 12.0. The van der Waals surface area contributed by atoms with Crippen LogP contribution in [-0.4, -0.2) is 39.3 Å². The molecule has 0 heterocycles. The van der Waals surface area contributed by atoms with E-state index in [4.69, 9.17) is 9.84 Å². The van der Waals surface area contributed by atoms with Crippen molar-refractivity contribution >= 4 is 22.1 Å². The predicted octanol–water partition coefficient (Wildman–Crippen LogP) is 1.49. The molecule has 0 atom stereocenters. The molecule has 0 aromatic heterocycles. The van der Waals surface area contributed by atoms with Crippen LogP contribution in [0.4, 0.5) is 0 Å². The zero-order valence-electron chi connectivity index (χ0n) is 11.8. The van der Waals surface area contributed by atoms with Crippen molar-refractivity contribution in [2.45, 2.75) is 18.2 Å². The number of nitrogens with one attached hydrogen (secondary N) is 1. The Morgan fingerprint density at radius 2 is 2.00 bits per heavy atom. The van der Waals surface area contributed by atoms with Crippen molar-refractivity contribution in [3.05, 3.63) is 35.9 Å². The Morgan fingerprint density at radius 3 is 2.57 bits per heavy atom. The maximum Gasteiger partial charge on any atom is 0.328 e. The first-order valence-electron chi connectivity index (χ1n) is 6.54. The molecule has 1 rings (SSSR count). The van der Waals surface area contributed by atoms with Gasteiger partial charge in [0.25, 0.3) is 0 Å². The van der Waals surface area contributed by atoms with Crippen LogP contribution in [0.15, 0.2) is 35.2 Å². The molecule has 1 aromatic carbocycles. The third-order valence-electron chi connectivity index (χ3n) is 2.57. The minimum Gasteiger partial charge on any atom is -0.478 e. The number of carboxylic acids is 1. The van der Waals surface area contributed by atoms with Crippen molar-refractivity contribution < 1.29 is 23.1 Å². The van der Waals surface area contributed by atoms with E-state index in [1.165, 1.54) is 18.2 Å². The molecule has 6 nitrogen and oxygen atoms in total. The molecule has 1 aromatic rings. The third-order valence-corrected chi connectivity index (χ3v) is 4.05. The summed E-state index contributed by atoms with van der Waals surface area (Å²) in [6.07, 6.45) is 3.00. The van der Waals surface area contributed by atoms with Gasteiger partial charge in [-0.1, -0.05) is 12.1 Å². The lowest BCUT2D eigenvalue weighted by Gasteiger charge is -2.07. The molecule has 0 amide bonds. The maximum atomic E-state index is 12.0. The molecule has 0 aliphatic rings. The van der Waals surface area contributed by atoms with E-state index in [2.05, 4.69) is 4.72 Å². The number of aliphatic carboxylic acids is 1. The average Bonchev–Trinajstić information content (AvgIpc) is 2.45. The van der Waals surface area contributed by atoms with Crippen molar-refractivity contribution in [1.82, 2.24) is 4.72 Å². The van der Waals surface area contributed by atoms with Crippen molar-refractivity contribution in [2.75, 3.05) is 19.8 Å². The number of carbonyl (C=O) groups is 1. The highest BCUT2D eigenvalue weighted by Gasteiger charge is 2.12. The minimum absolute atomic E-state index is 0.145. The first-order valence-corrected chi connectivity index (χ1v) is 8.02. The van der Waals surface area contributed by atoms with E-state index in [1.54, 1.807) is 12.1 Å². The van der Waals surface area contributed by atoms with Gasteiger partial charge in [0.1, 0.15) is 0 Å². The second-order valence-electron chi connectivity index (χ2n) is 4.19. The highest BCUT2D eigenvalue weighted by Crippen LogP contribution is 2.11. The highest BCUT2D eigenvalue weighted by molar-refractivity contribution is 7.89.